The van der Waals surface area contributed by atoms with Gasteiger partial charge in [0.15, 0.2) is 9.84 Å². The Labute approximate surface area is 161 Å². The van der Waals surface area contributed by atoms with Gasteiger partial charge in [0.1, 0.15) is 17.6 Å². The summed E-state index contributed by atoms with van der Waals surface area (Å²) in [6.45, 7) is 0.0324. The normalized spacial score (nSPS) is 21.2. The van der Waals surface area contributed by atoms with E-state index >= 15 is 0 Å². The van der Waals surface area contributed by atoms with Gasteiger partial charge in [0.25, 0.3) is 0 Å². The maximum Gasteiger partial charge on any atom is 0.416 e. The smallest absolute Gasteiger partial charge is 0.372 e. The highest BCUT2D eigenvalue weighted by Gasteiger charge is 2.37. The Balaban J connectivity index is 1.89. The number of hydrogen-bond acceptors (Lipinski definition) is 4. The Morgan fingerprint density at radius 1 is 1.22 bits per heavy atom. The van der Waals surface area contributed by atoms with Crippen molar-refractivity contribution in [2.45, 2.75) is 35.3 Å². The van der Waals surface area contributed by atoms with Crippen LogP contribution >= 0.6 is 15.9 Å². The first-order valence-corrected chi connectivity index (χ1v) is 10.3. The van der Waals surface area contributed by atoms with Crippen LogP contribution in [0.5, 0.6) is 0 Å². The summed E-state index contributed by atoms with van der Waals surface area (Å²) < 4.78 is 84.4. The first-order valence-electron chi connectivity index (χ1n) is 7.93. The molecule has 2 atom stereocenters. The molecule has 1 aromatic heterocycles. The molecule has 0 N–H and O–H groups in total. The van der Waals surface area contributed by atoms with Gasteiger partial charge in [0.2, 0.25) is 0 Å². The number of aromatic nitrogens is 1. The summed E-state index contributed by atoms with van der Waals surface area (Å²) >= 11 is 3.09. The van der Waals surface area contributed by atoms with E-state index in [1.54, 1.807) is 0 Å². The molecule has 0 spiro atoms. The molecule has 4 nitrogen and oxygen atoms in total. The number of halogens is 5. The third-order valence-electron chi connectivity index (χ3n) is 4.31. The van der Waals surface area contributed by atoms with E-state index in [1.165, 1.54) is 12.3 Å². The summed E-state index contributed by atoms with van der Waals surface area (Å²) in [5.41, 5.74) is -1.06. The van der Waals surface area contributed by atoms with Crippen molar-refractivity contribution in [1.82, 2.24) is 4.98 Å². The number of alkyl halides is 3. The average Bonchev–Trinajstić information content (AvgIpc) is 2.61. The number of ether oxygens (including phenoxy) is 1. The molecule has 1 aromatic carbocycles. The highest BCUT2D eigenvalue weighted by Crippen LogP contribution is 2.36. The molecule has 1 saturated heterocycles. The molecule has 27 heavy (non-hydrogen) atoms. The maximum atomic E-state index is 14.1. The molecule has 1 fully saturated rings. The van der Waals surface area contributed by atoms with E-state index in [1.807, 2.05) is 0 Å². The Kier molecular flexibility index (Phi) is 5.60. The number of rotatable bonds is 3. The van der Waals surface area contributed by atoms with E-state index in [-0.39, 0.29) is 25.1 Å². The van der Waals surface area contributed by atoms with Gasteiger partial charge in [-0.15, -0.1) is 0 Å². The molecule has 2 aromatic rings. The third kappa shape index (κ3) is 4.33. The number of sulfone groups is 1. The minimum absolute atomic E-state index is 0.0258. The minimum Gasteiger partial charge on any atom is -0.372 e. The van der Waals surface area contributed by atoms with E-state index in [0.29, 0.717) is 10.5 Å². The van der Waals surface area contributed by atoms with E-state index < -0.39 is 43.6 Å². The van der Waals surface area contributed by atoms with Crippen LogP contribution < -0.4 is 0 Å². The van der Waals surface area contributed by atoms with Crippen LogP contribution in [0.4, 0.5) is 17.6 Å². The summed E-state index contributed by atoms with van der Waals surface area (Å²) in [6, 6.07) is 4.82. The van der Waals surface area contributed by atoms with Crippen molar-refractivity contribution >= 4 is 25.8 Å². The van der Waals surface area contributed by atoms with Crippen molar-refractivity contribution in [1.29, 1.82) is 0 Å². The van der Waals surface area contributed by atoms with Gasteiger partial charge in [-0.3, -0.25) is 4.98 Å². The fourth-order valence-corrected chi connectivity index (χ4v) is 5.03. The summed E-state index contributed by atoms with van der Waals surface area (Å²) in [6.07, 6.45) is -4.16. The Morgan fingerprint density at radius 3 is 2.63 bits per heavy atom. The number of nitrogens with zero attached hydrogens (tertiary/aromatic N) is 1. The summed E-state index contributed by atoms with van der Waals surface area (Å²) in [5, 5.41) is -0.996. The van der Waals surface area contributed by atoms with Crippen molar-refractivity contribution in [2.24, 2.45) is 0 Å². The molecule has 0 radical (unpaired) electrons. The largest absolute Gasteiger partial charge is 0.416 e. The molecule has 146 valence electrons. The van der Waals surface area contributed by atoms with E-state index in [4.69, 9.17) is 4.74 Å². The van der Waals surface area contributed by atoms with Gasteiger partial charge in [-0.25, -0.2) is 12.8 Å². The third-order valence-corrected chi connectivity index (χ3v) is 6.96. The highest BCUT2D eigenvalue weighted by molar-refractivity contribution is 9.10. The summed E-state index contributed by atoms with van der Waals surface area (Å²) in [7, 11) is -4.05. The molecule has 10 heteroatoms. The number of pyridine rings is 1. The lowest BCUT2D eigenvalue weighted by Gasteiger charge is -2.29. The van der Waals surface area contributed by atoms with Crippen molar-refractivity contribution in [2.75, 3.05) is 6.61 Å². The predicted octanol–water partition coefficient (Wildman–Crippen LogP) is 4.70. The lowest BCUT2D eigenvalue weighted by atomic mass is 10.1. The van der Waals surface area contributed by atoms with Crippen LogP contribution in [0.25, 0.3) is 0 Å². The molecule has 1 aliphatic heterocycles. The highest BCUT2D eigenvalue weighted by atomic mass is 79.9. The van der Waals surface area contributed by atoms with E-state index in [0.717, 1.165) is 18.2 Å². The second-order valence-electron chi connectivity index (χ2n) is 6.10. The first kappa shape index (κ1) is 20.2. The molecule has 0 saturated carbocycles. The second kappa shape index (κ2) is 7.48. The molecular formula is C17H14BrF4NO3S. The predicted molar refractivity (Wildman–Crippen MR) is 92.2 cm³/mol. The Bertz CT molecular complexity index is 949. The van der Waals surface area contributed by atoms with Crippen LogP contribution in [-0.2, 0) is 20.8 Å². The van der Waals surface area contributed by atoms with Crippen molar-refractivity contribution in [3.8, 4) is 0 Å². The zero-order valence-corrected chi connectivity index (χ0v) is 16.1. The van der Waals surface area contributed by atoms with Gasteiger partial charge in [0, 0.05) is 17.3 Å². The summed E-state index contributed by atoms with van der Waals surface area (Å²) in [5.74, 6) is -0.647. The van der Waals surface area contributed by atoms with E-state index in [9.17, 15) is 26.0 Å². The van der Waals surface area contributed by atoms with E-state index in [2.05, 4.69) is 20.9 Å². The molecule has 3 rings (SSSR count). The van der Waals surface area contributed by atoms with Crippen molar-refractivity contribution in [3.63, 3.8) is 0 Å². The first-order chi connectivity index (χ1) is 12.6. The van der Waals surface area contributed by atoms with Gasteiger partial charge in [-0.2, -0.15) is 13.2 Å². The standard InChI is InChI=1S/C17H14BrF4NO3S/c18-11-7-14(19)16(23-9-11)15-8-13(4-5-26-15)27(24,25)12-3-1-2-10(6-12)17(20,21)22/h1-3,6-7,9,13,15H,4-5,8H2. The lowest BCUT2D eigenvalue weighted by molar-refractivity contribution is -0.137. The monoisotopic (exact) mass is 467 g/mol. The molecule has 2 unspecified atom stereocenters. The van der Waals surface area contributed by atoms with Crippen LogP contribution in [0, 0.1) is 5.82 Å². The SMILES string of the molecule is O=S(=O)(c1cccc(C(F)(F)F)c1)C1CCOC(c2ncc(Br)cc2F)C1. The zero-order chi connectivity index (χ0) is 19.8. The number of hydrogen-bond donors (Lipinski definition) is 0. The topological polar surface area (TPSA) is 56.3 Å². The molecule has 0 amide bonds. The maximum absolute atomic E-state index is 14.1. The lowest BCUT2D eigenvalue weighted by Crippen LogP contribution is -2.31. The summed E-state index contributed by atoms with van der Waals surface area (Å²) in [4.78, 5) is 3.54. The van der Waals surface area contributed by atoms with Crippen LogP contribution in [0.15, 0.2) is 45.9 Å². The van der Waals surface area contributed by atoms with Crippen molar-refractivity contribution < 1.29 is 30.7 Å². The van der Waals surface area contributed by atoms with Gasteiger partial charge in [0.05, 0.1) is 15.7 Å². The van der Waals surface area contributed by atoms with Gasteiger partial charge in [-0.1, -0.05) is 6.07 Å². The zero-order valence-electron chi connectivity index (χ0n) is 13.7. The van der Waals surface area contributed by atoms with Gasteiger partial charge in [-0.05, 0) is 53.0 Å². The molecular weight excluding hydrogens is 454 g/mol. The minimum atomic E-state index is -4.64. The fraction of sp³-hybridized carbons (Fsp3) is 0.353. The Hall–Kier alpha value is -1.52. The molecule has 2 heterocycles. The Morgan fingerprint density at radius 2 is 1.96 bits per heavy atom. The number of benzene rings is 1. The fourth-order valence-electron chi connectivity index (χ4n) is 2.94. The second-order valence-corrected chi connectivity index (χ2v) is 9.24. The molecule has 0 bridgehead atoms. The van der Waals surface area contributed by atoms with Crippen LogP contribution in [0.2, 0.25) is 0 Å². The molecule has 1 aliphatic rings. The quantitative estimate of drug-likeness (QED) is 0.614. The molecule has 0 aliphatic carbocycles. The van der Waals surface area contributed by atoms with Crippen LogP contribution in [0.3, 0.4) is 0 Å². The van der Waals surface area contributed by atoms with Crippen molar-refractivity contribution in [3.05, 3.63) is 58.1 Å². The van der Waals surface area contributed by atoms with Crippen LogP contribution in [0.1, 0.15) is 30.2 Å². The average molecular weight is 468 g/mol. The van der Waals surface area contributed by atoms with Gasteiger partial charge < -0.3 is 4.74 Å². The van der Waals surface area contributed by atoms with Gasteiger partial charge >= 0.3 is 6.18 Å². The van der Waals surface area contributed by atoms with Crippen LogP contribution in [-0.4, -0.2) is 25.3 Å².